The van der Waals surface area contributed by atoms with Gasteiger partial charge in [0.1, 0.15) is 5.75 Å². The lowest BCUT2D eigenvalue weighted by atomic mass is 10.0. The average molecular weight is 382 g/mol. The molecule has 0 unspecified atom stereocenters. The number of nitrogens with zero attached hydrogens (tertiary/aromatic N) is 1. The highest BCUT2D eigenvalue weighted by atomic mass is 16.5. The molecule has 0 bridgehead atoms. The number of ether oxygens (including phenoxy) is 1. The SMILES string of the molecule is COc1ccc(-c2cc(C(=O)Nc3cccc(C)c3C)c3ccccc3n2)cc1. The second-order valence-electron chi connectivity index (χ2n) is 7.00. The first-order chi connectivity index (χ1) is 14.1. The number of rotatable bonds is 4. The van der Waals surface area contributed by atoms with Gasteiger partial charge in [0.25, 0.3) is 5.91 Å². The minimum absolute atomic E-state index is 0.146. The molecule has 0 aliphatic rings. The Kier molecular flexibility index (Phi) is 5.00. The lowest BCUT2D eigenvalue weighted by Gasteiger charge is -2.13. The topological polar surface area (TPSA) is 51.2 Å². The summed E-state index contributed by atoms with van der Waals surface area (Å²) in [6.45, 7) is 4.05. The van der Waals surface area contributed by atoms with E-state index in [0.29, 0.717) is 5.56 Å². The summed E-state index contributed by atoms with van der Waals surface area (Å²) in [5, 5.41) is 3.90. The number of aromatic nitrogens is 1. The summed E-state index contributed by atoms with van der Waals surface area (Å²) in [5.74, 6) is 0.634. The third-order valence-electron chi connectivity index (χ3n) is 5.20. The Morgan fingerprint density at radius 1 is 0.931 bits per heavy atom. The maximum Gasteiger partial charge on any atom is 0.256 e. The van der Waals surface area contributed by atoms with E-state index in [0.717, 1.165) is 44.7 Å². The first-order valence-electron chi connectivity index (χ1n) is 9.48. The number of anilines is 1. The zero-order chi connectivity index (χ0) is 20.4. The molecule has 0 atom stereocenters. The fraction of sp³-hybridized carbons (Fsp3) is 0.120. The first-order valence-corrected chi connectivity index (χ1v) is 9.48. The van der Waals surface area contributed by atoms with Gasteiger partial charge in [0.2, 0.25) is 0 Å². The summed E-state index contributed by atoms with van der Waals surface area (Å²) >= 11 is 0. The average Bonchev–Trinajstić information content (AvgIpc) is 2.76. The maximum atomic E-state index is 13.2. The number of nitrogens with one attached hydrogen (secondary N) is 1. The minimum Gasteiger partial charge on any atom is -0.497 e. The van der Waals surface area contributed by atoms with Gasteiger partial charge in [-0.25, -0.2) is 4.98 Å². The summed E-state index contributed by atoms with van der Waals surface area (Å²) in [6, 6.07) is 23.1. The monoisotopic (exact) mass is 382 g/mol. The van der Waals surface area contributed by atoms with Crippen molar-refractivity contribution >= 4 is 22.5 Å². The molecular weight excluding hydrogens is 360 g/mol. The number of hydrogen-bond acceptors (Lipinski definition) is 3. The van der Waals surface area contributed by atoms with Gasteiger partial charge >= 0.3 is 0 Å². The summed E-state index contributed by atoms with van der Waals surface area (Å²) < 4.78 is 5.24. The molecule has 1 heterocycles. The van der Waals surface area contributed by atoms with Crippen molar-refractivity contribution < 1.29 is 9.53 Å². The van der Waals surface area contributed by atoms with E-state index in [2.05, 4.69) is 5.32 Å². The van der Waals surface area contributed by atoms with E-state index >= 15 is 0 Å². The Bertz CT molecular complexity index is 1200. The van der Waals surface area contributed by atoms with Gasteiger partial charge in [-0.2, -0.15) is 0 Å². The second-order valence-corrected chi connectivity index (χ2v) is 7.00. The van der Waals surface area contributed by atoms with Crippen LogP contribution in [0.5, 0.6) is 5.75 Å². The van der Waals surface area contributed by atoms with Crippen LogP contribution in [0.15, 0.2) is 72.8 Å². The fourth-order valence-corrected chi connectivity index (χ4v) is 3.35. The third-order valence-corrected chi connectivity index (χ3v) is 5.20. The number of carbonyl (C=O) groups excluding carboxylic acids is 1. The van der Waals surface area contributed by atoms with Crippen molar-refractivity contribution in [3.8, 4) is 17.0 Å². The number of pyridine rings is 1. The second kappa shape index (κ2) is 7.76. The molecule has 4 rings (SSSR count). The molecule has 0 fully saturated rings. The number of methoxy groups -OCH3 is 1. The van der Waals surface area contributed by atoms with Crippen molar-refractivity contribution in [3.63, 3.8) is 0 Å². The largest absolute Gasteiger partial charge is 0.497 e. The zero-order valence-electron chi connectivity index (χ0n) is 16.7. The van der Waals surface area contributed by atoms with Crippen LogP contribution in [0.2, 0.25) is 0 Å². The Morgan fingerprint density at radius 3 is 2.45 bits per heavy atom. The van der Waals surface area contributed by atoms with Crippen LogP contribution >= 0.6 is 0 Å². The highest BCUT2D eigenvalue weighted by Crippen LogP contribution is 2.27. The van der Waals surface area contributed by atoms with Crippen LogP contribution in [0, 0.1) is 13.8 Å². The quantitative estimate of drug-likeness (QED) is 0.487. The molecule has 1 amide bonds. The van der Waals surface area contributed by atoms with Gasteiger partial charge in [-0.15, -0.1) is 0 Å². The van der Waals surface area contributed by atoms with Gasteiger partial charge in [-0.1, -0.05) is 30.3 Å². The van der Waals surface area contributed by atoms with Gasteiger partial charge in [0.15, 0.2) is 0 Å². The van der Waals surface area contributed by atoms with Crippen molar-refractivity contribution in [1.29, 1.82) is 0 Å². The molecule has 0 saturated heterocycles. The Hall–Kier alpha value is -3.66. The minimum atomic E-state index is -0.146. The number of para-hydroxylation sites is 1. The van der Waals surface area contributed by atoms with E-state index in [4.69, 9.17) is 9.72 Å². The number of fused-ring (bicyclic) bond motifs is 1. The number of aryl methyl sites for hydroxylation is 1. The standard InChI is InChI=1S/C25H22N2O2/c1-16-7-6-10-22(17(16)2)27-25(28)21-15-24(18-11-13-19(29-3)14-12-18)26-23-9-5-4-8-20(21)23/h4-15H,1-3H3,(H,27,28). The van der Waals surface area contributed by atoms with E-state index in [9.17, 15) is 4.79 Å². The van der Waals surface area contributed by atoms with Gasteiger partial charge in [-0.3, -0.25) is 4.79 Å². The van der Waals surface area contributed by atoms with Crippen LogP contribution in [-0.4, -0.2) is 18.0 Å². The number of carbonyl (C=O) groups is 1. The molecule has 0 saturated carbocycles. The Morgan fingerprint density at radius 2 is 1.69 bits per heavy atom. The van der Waals surface area contributed by atoms with Crippen LogP contribution in [0.1, 0.15) is 21.5 Å². The van der Waals surface area contributed by atoms with Crippen molar-refractivity contribution in [2.24, 2.45) is 0 Å². The lowest BCUT2D eigenvalue weighted by molar-refractivity contribution is 0.102. The molecule has 29 heavy (non-hydrogen) atoms. The van der Waals surface area contributed by atoms with Crippen LogP contribution < -0.4 is 10.1 Å². The van der Waals surface area contributed by atoms with Gasteiger partial charge in [0.05, 0.1) is 23.9 Å². The van der Waals surface area contributed by atoms with Crippen molar-refractivity contribution in [2.75, 3.05) is 12.4 Å². The third kappa shape index (κ3) is 3.69. The molecule has 1 aromatic heterocycles. The van der Waals surface area contributed by atoms with E-state index < -0.39 is 0 Å². The number of benzene rings is 3. The molecular formula is C25H22N2O2. The van der Waals surface area contributed by atoms with E-state index in [-0.39, 0.29) is 5.91 Å². The predicted molar refractivity (Wildman–Crippen MR) is 118 cm³/mol. The van der Waals surface area contributed by atoms with Gasteiger partial charge in [0, 0.05) is 16.6 Å². The number of amides is 1. The molecule has 0 radical (unpaired) electrons. The van der Waals surface area contributed by atoms with Crippen molar-refractivity contribution in [1.82, 2.24) is 4.98 Å². The Labute approximate surface area is 170 Å². The Balaban J connectivity index is 1.79. The van der Waals surface area contributed by atoms with Gasteiger partial charge in [-0.05, 0) is 67.4 Å². The van der Waals surface area contributed by atoms with Gasteiger partial charge < -0.3 is 10.1 Å². The molecule has 4 heteroatoms. The molecule has 144 valence electrons. The first kappa shape index (κ1) is 18.7. The van der Waals surface area contributed by atoms with E-state index in [1.165, 1.54) is 0 Å². The normalized spacial score (nSPS) is 10.7. The molecule has 0 spiro atoms. The molecule has 4 aromatic rings. The lowest BCUT2D eigenvalue weighted by Crippen LogP contribution is -2.14. The molecule has 4 nitrogen and oxygen atoms in total. The van der Waals surface area contributed by atoms with Crippen LogP contribution in [0.3, 0.4) is 0 Å². The maximum absolute atomic E-state index is 13.2. The van der Waals surface area contributed by atoms with E-state index in [1.807, 2.05) is 86.6 Å². The van der Waals surface area contributed by atoms with Crippen LogP contribution in [0.4, 0.5) is 5.69 Å². The van der Waals surface area contributed by atoms with Crippen LogP contribution in [0.25, 0.3) is 22.2 Å². The summed E-state index contributed by atoms with van der Waals surface area (Å²) in [7, 11) is 1.64. The van der Waals surface area contributed by atoms with Crippen molar-refractivity contribution in [3.05, 3.63) is 89.5 Å². The molecule has 1 N–H and O–H groups in total. The summed E-state index contributed by atoms with van der Waals surface area (Å²) in [4.78, 5) is 18.0. The highest BCUT2D eigenvalue weighted by molar-refractivity contribution is 6.13. The smallest absolute Gasteiger partial charge is 0.256 e. The highest BCUT2D eigenvalue weighted by Gasteiger charge is 2.15. The summed E-state index contributed by atoms with van der Waals surface area (Å²) in [6.07, 6.45) is 0. The molecule has 3 aromatic carbocycles. The van der Waals surface area contributed by atoms with Crippen LogP contribution in [-0.2, 0) is 0 Å². The van der Waals surface area contributed by atoms with E-state index in [1.54, 1.807) is 7.11 Å². The predicted octanol–water partition coefficient (Wildman–Crippen LogP) is 5.78. The molecule has 0 aliphatic heterocycles. The summed E-state index contributed by atoms with van der Waals surface area (Å²) in [5.41, 5.74) is 6.09. The fourth-order valence-electron chi connectivity index (χ4n) is 3.35. The zero-order valence-corrected chi connectivity index (χ0v) is 16.7. The number of hydrogen-bond donors (Lipinski definition) is 1. The van der Waals surface area contributed by atoms with Crippen molar-refractivity contribution in [2.45, 2.75) is 13.8 Å². The molecule has 0 aliphatic carbocycles.